The molecule has 0 saturated carbocycles. The fourth-order valence-corrected chi connectivity index (χ4v) is 2.63. The molecule has 0 saturated heterocycles. The van der Waals surface area contributed by atoms with Gasteiger partial charge in [-0.15, -0.1) is 6.58 Å². The quantitative estimate of drug-likeness (QED) is 0.473. The van der Waals surface area contributed by atoms with Crippen molar-refractivity contribution in [1.29, 1.82) is 0 Å². The van der Waals surface area contributed by atoms with E-state index in [2.05, 4.69) is 40.4 Å². The maximum Gasteiger partial charge on any atom is 0.244 e. The molecule has 3 rings (SSSR count). The van der Waals surface area contributed by atoms with Crippen LogP contribution in [0.15, 0.2) is 65.7 Å². The molecule has 142 valence electrons. The summed E-state index contributed by atoms with van der Waals surface area (Å²) in [6.07, 6.45) is 1.87. The highest BCUT2D eigenvalue weighted by Crippen LogP contribution is 2.23. The lowest BCUT2D eigenvalue weighted by Crippen LogP contribution is -2.30. The van der Waals surface area contributed by atoms with Gasteiger partial charge in [-0.1, -0.05) is 29.1 Å². The van der Waals surface area contributed by atoms with Crippen LogP contribution in [0.4, 0.5) is 4.39 Å². The molecular weight excluding hydrogens is 353 g/mol. The van der Waals surface area contributed by atoms with Crippen molar-refractivity contribution in [2.75, 3.05) is 7.05 Å². The van der Waals surface area contributed by atoms with Crippen LogP contribution in [-0.2, 0) is 0 Å². The number of nitrogens with zero attached hydrogens (tertiary/aromatic N) is 3. The number of rotatable bonds is 5. The van der Waals surface area contributed by atoms with Crippen molar-refractivity contribution in [1.82, 2.24) is 15.0 Å². The lowest BCUT2D eigenvalue weighted by atomic mass is 10.1. The fourth-order valence-electron chi connectivity index (χ4n) is 2.63. The van der Waals surface area contributed by atoms with Gasteiger partial charge in [0.05, 0.1) is 6.04 Å². The van der Waals surface area contributed by atoms with Gasteiger partial charge in [-0.3, -0.25) is 4.90 Å². The molecule has 0 N–H and O–H groups in total. The molecule has 0 bridgehead atoms. The standard InChI is InChI=1S/C23H22FN3O/c1-5-16(2)27(4)17(3)23-25-22(26-28-23)20-13-11-18(12-14-20)9-10-19-7-6-8-21(24)15-19/h5-8,11-17H,1H2,2-4H3. The molecule has 0 aliphatic carbocycles. The number of benzene rings is 2. The predicted octanol–water partition coefficient (Wildman–Crippen LogP) is 4.84. The number of hydrogen-bond donors (Lipinski definition) is 0. The highest BCUT2D eigenvalue weighted by atomic mass is 19.1. The molecular formula is C23H22FN3O. The Labute approximate surface area is 164 Å². The zero-order valence-corrected chi connectivity index (χ0v) is 16.2. The van der Waals surface area contributed by atoms with Crippen molar-refractivity contribution < 1.29 is 8.91 Å². The normalized spacial score (nSPS) is 12.9. The third-order valence-corrected chi connectivity index (χ3v) is 4.71. The van der Waals surface area contributed by atoms with Crippen LogP contribution in [0.1, 0.15) is 36.9 Å². The van der Waals surface area contributed by atoms with Gasteiger partial charge in [-0.25, -0.2) is 4.39 Å². The van der Waals surface area contributed by atoms with E-state index in [1.807, 2.05) is 44.3 Å². The number of halogens is 1. The summed E-state index contributed by atoms with van der Waals surface area (Å²) in [6, 6.07) is 14.0. The molecule has 0 radical (unpaired) electrons. The first-order chi connectivity index (χ1) is 13.5. The first-order valence-corrected chi connectivity index (χ1v) is 9.04. The van der Waals surface area contributed by atoms with Gasteiger partial charge in [-0.2, -0.15) is 4.98 Å². The summed E-state index contributed by atoms with van der Waals surface area (Å²) in [5, 5.41) is 4.09. The molecule has 0 fully saturated rings. The lowest BCUT2D eigenvalue weighted by molar-refractivity contribution is 0.186. The summed E-state index contributed by atoms with van der Waals surface area (Å²) in [5.41, 5.74) is 2.31. The van der Waals surface area contributed by atoms with Crippen molar-refractivity contribution in [3.05, 3.63) is 84.0 Å². The second-order valence-electron chi connectivity index (χ2n) is 6.61. The second kappa shape index (κ2) is 8.64. The van der Waals surface area contributed by atoms with Crippen LogP contribution >= 0.6 is 0 Å². The average Bonchev–Trinajstić information content (AvgIpc) is 3.21. The fraction of sp³-hybridized carbons (Fsp3) is 0.217. The van der Waals surface area contributed by atoms with Gasteiger partial charge < -0.3 is 4.52 Å². The molecule has 0 spiro atoms. The van der Waals surface area contributed by atoms with Crippen LogP contribution < -0.4 is 0 Å². The summed E-state index contributed by atoms with van der Waals surface area (Å²) in [4.78, 5) is 6.63. The third kappa shape index (κ3) is 4.54. The van der Waals surface area contributed by atoms with E-state index < -0.39 is 0 Å². The Hall–Kier alpha value is -3.23. The van der Waals surface area contributed by atoms with Gasteiger partial charge in [0, 0.05) is 22.7 Å². The maximum absolute atomic E-state index is 13.2. The zero-order chi connectivity index (χ0) is 20.1. The Morgan fingerprint density at radius 1 is 1.11 bits per heavy atom. The monoisotopic (exact) mass is 375 g/mol. The highest BCUT2D eigenvalue weighted by Gasteiger charge is 2.21. The summed E-state index contributed by atoms with van der Waals surface area (Å²) in [5.74, 6) is 6.78. The van der Waals surface area contributed by atoms with Crippen molar-refractivity contribution >= 4 is 0 Å². The first kappa shape index (κ1) is 19.5. The van der Waals surface area contributed by atoms with Crippen molar-refractivity contribution in [3.8, 4) is 23.2 Å². The van der Waals surface area contributed by atoms with E-state index in [1.54, 1.807) is 12.1 Å². The van der Waals surface area contributed by atoms with Gasteiger partial charge in [-0.05, 0) is 63.4 Å². The molecule has 2 atom stereocenters. The molecule has 1 aromatic heterocycles. The van der Waals surface area contributed by atoms with Crippen LogP contribution in [0, 0.1) is 17.7 Å². The van der Waals surface area contributed by atoms with E-state index in [1.165, 1.54) is 12.1 Å². The molecule has 2 unspecified atom stereocenters. The minimum absolute atomic E-state index is 0.0225. The van der Waals surface area contributed by atoms with Crippen LogP contribution in [0.5, 0.6) is 0 Å². The average molecular weight is 375 g/mol. The summed E-state index contributed by atoms with van der Waals surface area (Å²) in [7, 11) is 1.99. The number of hydrogen-bond acceptors (Lipinski definition) is 4. The number of likely N-dealkylation sites (N-methyl/N-ethyl adjacent to an activating group) is 1. The summed E-state index contributed by atoms with van der Waals surface area (Å²) in [6.45, 7) is 7.90. The Balaban J connectivity index is 1.74. The van der Waals surface area contributed by atoms with Crippen molar-refractivity contribution in [2.45, 2.75) is 25.9 Å². The summed E-state index contributed by atoms with van der Waals surface area (Å²) >= 11 is 0. The van der Waals surface area contributed by atoms with Crippen molar-refractivity contribution in [3.63, 3.8) is 0 Å². The van der Waals surface area contributed by atoms with Gasteiger partial charge in [0.15, 0.2) is 0 Å². The van der Waals surface area contributed by atoms with Gasteiger partial charge in [0.2, 0.25) is 11.7 Å². The van der Waals surface area contributed by atoms with E-state index in [0.29, 0.717) is 17.3 Å². The summed E-state index contributed by atoms with van der Waals surface area (Å²) < 4.78 is 18.7. The molecule has 0 aliphatic heterocycles. The van der Waals surface area contributed by atoms with Gasteiger partial charge in [0.25, 0.3) is 0 Å². The van der Waals surface area contributed by atoms with E-state index >= 15 is 0 Å². The molecule has 0 aliphatic rings. The zero-order valence-electron chi connectivity index (χ0n) is 16.2. The lowest BCUT2D eigenvalue weighted by Gasteiger charge is -2.25. The molecule has 4 nitrogen and oxygen atoms in total. The minimum atomic E-state index is -0.294. The highest BCUT2D eigenvalue weighted by molar-refractivity contribution is 5.56. The van der Waals surface area contributed by atoms with E-state index in [4.69, 9.17) is 4.52 Å². The topological polar surface area (TPSA) is 42.2 Å². The van der Waals surface area contributed by atoms with E-state index in [-0.39, 0.29) is 17.9 Å². The second-order valence-corrected chi connectivity index (χ2v) is 6.61. The molecule has 5 heteroatoms. The smallest absolute Gasteiger partial charge is 0.244 e. The van der Waals surface area contributed by atoms with E-state index in [9.17, 15) is 4.39 Å². The third-order valence-electron chi connectivity index (χ3n) is 4.71. The Bertz CT molecular complexity index is 1010. The van der Waals surface area contributed by atoms with Crippen LogP contribution in [0.3, 0.4) is 0 Å². The molecule has 3 aromatic rings. The molecule has 0 amide bonds. The Kier molecular flexibility index (Phi) is 6.03. The Morgan fingerprint density at radius 2 is 1.82 bits per heavy atom. The van der Waals surface area contributed by atoms with Crippen LogP contribution in [-0.4, -0.2) is 28.1 Å². The number of aromatic nitrogens is 2. The van der Waals surface area contributed by atoms with Crippen LogP contribution in [0.2, 0.25) is 0 Å². The maximum atomic E-state index is 13.2. The predicted molar refractivity (Wildman–Crippen MR) is 108 cm³/mol. The molecule has 2 aromatic carbocycles. The molecule has 28 heavy (non-hydrogen) atoms. The van der Waals surface area contributed by atoms with E-state index in [0.717, 1.165) is 11.1 Å². The Morgan fingerprint density at radius 3 is 2.50 bits per heavy atom. The largest absolute Gasteiger partial charge is 0.337 e. The SMILES string of the molecule is C=CC(C)N(C)C(C)c1nc(-c2ccc(C#Cc3cccc(F)c3)cc2)no1. The van der Waals surface area contributed by atoms with Gasteiger partial charge in [0.1, 0.15) is 5.82 Å². The van der Waals surface area contributed by atoms with Crippen molar-refractivity contribution in [2.24, 2.45) is 0 Å². The molecule has 1 heterocycles. The minimum Gasteiger partial charge on any atom is -0.337 e. The van der Waals surface area contributed by atoms with Crippen LogP contribution in [0.25, 0.3) is 11.4 Å². The first-order valence-electron chi connectivity index (χ1n) is 9.04. The van der Waals surface area contributed by atoms with Gasteiger partial charge >= 0.3 is 0 Å².